The van der Waals surface area contributed by atoms with Crippen molar-refractivity contribution < 1.29 is 19.8 Å². The molecule has 0 radical (unpaired) electrons. The second-order valence-corrected chi connectivity index (χ2v) is 3.11. The van der Waals surface area contributed by atoms with E-state index in [1.807, 2.05) is 0 Å². The molecule has 1 atom stereocenters. The Hall–Kier alpha value is -1.84. The highest BCUT2D eigenvalue weighted by Crippen LogP contribution is 2.27. The summed E-state index contributed by atoms with van der Waals surface area (Å²) in [6, 6.07) is 0. The Morgan fingerprint density at radius 2 is 2.00 bits per heavy atom. The predicted molar refractivity (Wildman–Crippen MR) is 49.7 cm³/mol. The van der Waals surface area contributed by atoms with Gasteiger partial charge in [-0.25, -0.2) is 4.79 Å². The van der Waals surface area contributed by atoms with E-state index >= 15 is 0 Å². The lowest BCUT2D eigenvalue weighted by Crippen LogP contribution is -2.20. The maximum absolute atomic E-state index is 10.8. The number of carboxylic acid groups (broad SMARTS) is 2. The average Bonchev–Trinajstić information content (AvgIpc) is 2.07. The third-order valence-electron chi connectivity index (χ3n) is 2.02. The van der Waals surface area contributed by atoms with Gasteiger partial charge in [-0.2, -0.15) is 0 Å². The van der Waals surface area contributed by atoms with Crippen molar-refractivity contribution in [2.45, 2.75) is 6.92 Å². The Morgan fingerprint density at radius 1 is 1.43 bits per heavy atom. The zero-order chi connectivity index (χ0) is 10.9. The van der Waals surface area contributed by atoms with Crippen LogP contribution in [0.3, 0.4) is 0 Å². The summed E-state index contributed by atoms with van der Waals surface area (Å²) in [4.78, 5) is 21.5. The minimum absolute atomic E-state index is 0.0302. The maximum Gasteiger partial charge on any atom is 0.335 e. The molecule has 1 unspecified atom stereocenters. The Bertz CT molecular complexity index is 374. The van der Waals surface area contributed by atoms with Crippen molar-refractivity contribution in [1.29, 1.82) is 0 Å². The molecule has 1 aliphatic carbocycles. The molecule has 0 spiro atoms. The highest BCUT2D eigenvalue weighted by Gasteiger charge is 2.27. The van der Waals surface area contributed by atoms with Crippen molar-refractivity contribution in [1.82, 2.24) is 0 Å². The molecule has 2 N–H and O–H groups in total. The molecule has 0 bridgehead atoms. The van der Waals surface area contributed by atoms with Gasteiger partial charge in [0.15, 0.2) is 0 Å². The third kappa shape index (κ3) is 1.74. The first-order valence-corrected chi connectivity index (χ1v) is 3.99. The zero-order valence-corrected chi connectivity index (χ0v) is 7.65. The van der Waals surface area contributed by atoms with Gasteiger partial charge in [0.1, 0.15) is 5.92 Å². The van der Waals surface area contributed by atoms with E-state index in [1.54, 1.807) is 6.92 Å². The van der Waals surface area contributed by atoms with Crippen molar-refractivity contribution in [3.8, 4) is 0 Å². The summed E-state index contributed by atoms with van der Waals surface area (Å²) < 4.78 is 0. The lowest BCUT2D eigenvalue weighted by atomic mass is 9.86. The second-order valence-electron chi connectivity index (χ2n) is 3.11. The molecule has 14 heavy (non-hydrogen) atoms. The molecular weight excluding hydrogens is 184 g/mol. The molecule has 0 saturated carbocycles. The standard InChI is InChI=1S/C10H10O4/c1-5-3-7(9(11)12)6(2)8(4-5)10(13)14/h3-4,7H,2H2,1H3,(H,11,12)(H,13,14). The summed E-state index contributed by atoms with van der Waals surface area (Å²) in [5.41, 5.74) is 0.718. The van der Waals surface area contributed by atoms with Crippen LogP contribution in [0, 0.1) is 5.92 Å². The number of allylic oxidation sites excluding steroid dienone is 2. The van der Waals surface area contributed by atoms with Gasteiger partial charge in [-0.1, -0.05) is 18.2 Å². The summed E-state index contributed by atoms with van der Waals surface area (Å²) in [5.74, 6) is -3.15. The first kappa shape index (κ1) is 10.2. The smallest absolute Gasteiger partial charge is 0.335 e. The van der Waals surface area contributed by atoms with Crippen LogP contribution >= 0.6 is 0 Å². The van der Waals surface area contributed by atoms with E-state index in [4.69, 9.17) is 10.2 Å². The average molecular weight is 194 g/mol. The van der Waals surface area contributed by atoms with Crippen LogP contribution in [-0.4, -0.2) is 22.2 Å². The van der Waals surface area contributed by atoms with Gasteiger partial charge in [0.05, 0.1) is 5.57 Å². The largest absolute Gasteiger partial charge is 0.481 e. The lowest BCUT2D eigenvalue weighted by Gasteiger charge is -2.17. The predicted octanol–water partition coefficient (Wildman–Crippen LogP) is 1.21. The molecule has 4 heteroatoms. The van der Waals surface area contributed by atoms with E-state index < -0.39 is 17.9 Å². The molecule has 0 fully saturated rings. The Kier molecular flexibility index (Phi) is 2.56. The van der Waals surface area contributed by atoms with E-state index in [1.165, 1.54) is 12.2 Å². The summed E-state index contributed by atoms with van der Waals surface area (Å²) in [7, 11) is 0. The van der Waals surface area contributed by atoms with Crippen molar-refractivity contribution in [2.24, 2.45) is 5.92 Å². The Morgan fingerprint density at radius 3 is 2.43 bits per heavy atom. The lowest BCUT2D eigenvalue weighted by molar-refractivity contribution is -0.138. The van der Waals surface area contributed by atoms with Crippen LogP contribution in [0.5, 0.6) is 0 Å². The summed E-state index contributed by atoms with van der Waals surface area (Å²) >= 11 is 0. The number of aliphatic carboxylic acids is 2. The number of rotatable bonds is 2. The molecule has 0 heterocycles. The Labute approximate surface area is 80.9 Å². The topological polar surface area (TPSA) is 74.6 Å². The number of hydrogen-bond donors (Lipinski definition) is 2. The maximum atomic E-state index is 10.8. The fourth-order valence-corrected chi connectivity index (χ4v) is 1.32. The van der Waals surface area contributed by atoms with E-state index in [0.29, 0.717) is 5.57 Å². The molecule has 0 saturated heterocycles. The molecule has 1 rings (SSSR count). The van der Waals surface area contributed by atoms with E-state index in [2.05, 4.69) is 6.58 Å². The van der Waals surface area contributed by atoms with Crippen LogP contribution in [0.15, 0.2) is 35.5 Å². The van der Waals surface area contributed by atoms with Gasteiger partial charge in [-0.15, -0.1) is 0 Å². The summed E-state index contributed by atoms with van der Waals surface area (Å²) in [5, 5.41) is 17.6. The van der Waals surface area contributed by atoms with Gasteiger partial charge < -0.3 is 10.2 Å². The number of carbonyl (C=O) groups is 2. The Balaban J connectivity index is 3.14. The summed E-state index contributed by atoms with van der Waals surface area (Å²) in [6.45, 7) is 5.14. The first-order chi connectivity index (χ1) is 6.43. The van der Waals surface area contributed by atoms with Gasteiger partial charge in [-0.05, 0) is 18.6 Å². The van der Waals surface area contributed by atoms with Crippen LogP contribution in [0.4, 0.5) is 0 Å². The zero-order valence-electron chi connectivity index (χ0n) is 7.65. The monoisotopic (exact) mass is 194 g/mol. The van der Waals surface area contributed by atoms with Crippen LogP contribution in [0.1, 0.15) is 6.92 Å². The van der Waals surface area contributed by atoms with E-state index in [-0.39, 0.29) is 11.1 Å². The number of hydrogen-bond acceptors (Lipinski definition) is 2. The molecule has 4 nitrogen and oxygen atoms in total. The fraction of sp³-hybridized carbons (Fsp3) is 0.200. The van der Waals surface area contributed by atoms with Crippen molar-refractivity contribution in [3.63, 3.8) is 0 Å². The molecular formula is C10H10O4. The highest BCUT2D eigenvalue weighted by atomic mass is 16.4. The summed E-state index contributed by atoms with van der Waals surface area (Å²) in [6.07, 6.45) is 2.90. The van der Waals surface area contributed by atoms with Crippen molar-refractivity contribution in [2.75, 3.05) is 0 Å². The minimum atomic E-state index is -1.14. The second kappa shape index (κ2) is 3.49. The van der Waals surface area contributed by atoms with Crippen LogP contribution in [0.25, 0.3) is 0 Å². The quantitative estimate of drug-likeness (QED) is 0.692. The van der Waals surface area contributed by atoms with Crippen molar-refractivity contribution in [3.05, 3.63) is 35.5 Å². The number of carboxylic acids is 2. The van der Waals surface area contributed by atoms with E-state index in [9.17, 15) is 9.59 Å². The van der Waals surface area contributed by atoms with Crippen LogP contribution in [0.2, 0.25) is 0 Å². The van der Waals surface area contributed by atoms with Gasteiger partial charge >= 0.3 is 11.9 Å². The van der Waals surface area contributed by atoms with E-state index in [0.717, 1.165) is 0 Å². The molecule has 0 aromatic rings. The normalized spacial score (nSPS) is 21.2. The van der Waals surface area contributed by atoms with Gasteiger partial charge in [0.2, 0.25) is 0 Å². The third-order valence-corrected chi connectivity index (χ3v) is 2.02. The van der Waals surface area contributed by atoms with Gasteiger partial charge in [0.25, 0.3) is 0 Å². The highest BCUT2D eigenvalue weighted by molar-refractivity contribution is 5.96. The SMILES string of the molecule is C=C1C(C(=O)O)=CC(C)=CC1C(=O)O. The molecule has 0 aromatic carbocycles. The minimum Gasteiger partial charge on any atom is -0.481 e. The first-order valence-electron chi connectivity index (χ1n) is 3.99. The van der Waals surface area contributed by atoms with Crippen LogP contribution in [-0.2, 0) is 9.59 Å². The molecule has 74 valence electrons. The molecule has 0 aromatic heterocycles. The molecule has 1 aliphatic rings. The molecule has 0 amide bonds. The fourth-order valence-electron chi connectivity index (χ4n) is 1.32. The van der Waals surface area contributed by atoms with Gasteiger partial charge in [0, 0.05) is 0 Å². The molecule has 0 aliphatic heterocycles. The van der Waals surface area contributed by atoms with Crippen molar-refractivity contribution >= 4 is 11.9 Å². The van der Waals surface area contributed by atoms with Crippen LogP contribution < -0.4 is 0 Å². The van der Waals surface area contributed by atoms with Gasteiger partial charge in [-0.3, -0.25) is 4.79 Å².